The largest absolute Gasteiger partial charge is 0.300 e. The minimum absolute atomic E-state index is 0.126. The third-order valence-electron chi connectivity index (χ3n) is 3.90. The Kier molecular flexibility index (Phi) is 5.82. The zero-order valence-corrected chi connectivity index (χ0v) is 16.3. The van der Waals surface area contributed by atoms with Crippen molar-refractivity contribution in [3.8, 4) is 0 Å². The number of carbonyl (C=O) groups excluding carboxylic acids is 1. The van der Waals surface area contributed by atoms with Gasteiger partial charge in [-0.3, -0.25) is 4.79 Å². The van der Waals surface area contributed by atoms with Crippen LogP contribution in [-0.4, -0.2) is 41.9 Å². The average molecular weight is 401 g/mol. The maximum Gasteiger partial charge on any atom is 0.252 e. The molecule has 3 heterocycles. The van der Waals surface area contributed by atoms with E-state index >= 15 is 0 Å². The van der Waals surface area contributed by atoms with Crippen LogP contribution in [0.25, 0.3) is 0 Å². The van der Waals surface area contributed by atoms with Crippen LogP contribution in [0.4, 0.5) is 5.13 Å². The molecule has 0 aliphatic carbocycles. The summed E-state index contributed by atoms with van der Waals surface area (Å²) in [5, 5.41) is 11.9. The fraction of sp³-hybridized carbons (Fsp3) is 0.533. The summed E-state index contributed by atoms with van der Waals surface area (Å²) in [4.78, 5) is 12.8. The molecule has 3 rings (SSSR count). The molecule has 0 bridgehead atoms. The lowest BCUT2D eigenvalue weighted by Crippen LogP contribution is -2.35. The van der Waals surface area contributed by atoms with Gasteiger partial charge in [0.15, 0.2) is 0 Å². The van der Waals surface area contributed by atoms with Gasteiger partial charge in [-0.1, -0.05) is 24.7 Å². The molecule has 1 saturated heterocycles. The van der Waals surface area contributed by atoms with Crippen LogP contribution in [0.1, 0.15) is 36.1 Å². The first kappa shape index (κ1) is 18.4. The predicted molar refractivity (Wildman–Crippen MR) is 98.5 cm³/mol. The van der Waals surface area contributed by atoms with Gasteiger partial charge < -0.3 is 5.32 Å². The monoisotopic (exact) mass is 400 g/mol. The summed E-state index contributed by atoms with van der Waals surface area (Å²) < 4.78 is 27.1. The van der Waals surface area contributed by atoms with Crippen LogP contribution in [0.5, 0.6) is 0 Å². The third kappa shape index (κ3) is 4.43. The van der Waals surface area contributed by atoms with Crippen molar-refractivity contribution in [1.29, 1.82) is 0 Å². The fourth-order valence-electron chi connectivity index (χ4n) is 2.59. The second kappa shape index (κ2) is 7.90. The van der Waals surface area contributed by atoms with Gasteiger partial charge in [-0.05, 0) is 31.4 Å². The Morgan fingerprint density at radius 3 is 2.64 bits per heavy atom. The molecule has 1 amide bonds. The lowest BCUT2D eigenvalue weighted by Gasteiger charge is -2.25. The highest BCUT2D eigenvalue weighted by atomic mass is 32.2. The first-order valence-corrected chi connectivity index (χ1v) is 11.3. The molecular weight excluding hydrogens is 380 g/mol. The maximum absolute atomic E-state index is 12.6. The Bertz CT molecular complexity index is 838. The number of rotatable bonds is 6. The van der Waals surface area contributed by atoms with E-state index in [4.69, 9.17) is 0 Å². The van der Waals surface area contributed by atoms with Gasteiger partial charge in [-0.15, -0.1) is 21.5 Å². The number of carbonyl (C=O) groups is 1. The fourth-order valence-corrected chi connectivity index (χ4v) is 6.31. The summed E-state index contributed by atoms with van der Waals surface area (Å²) in [5.74, 6) is -0.220. The second-order valence-corrected chi connectivity index (χ2v) is 10.2. The molecule has 0 aromatic carbocycles. The van der Waals surface area contributed by atoms with Crippen molar-refractivity contribution < 1.29 is 13.2 Å². The van der Waals surface area contributed by atoms with Crippen LogP contribution in [0, 0.1) is 0 Å². The van der Waals surface area contributed by atoms with Gasteiger partial charge >= 0.3 is 0 Å². The van der Waals surface area contributed by atoms with Gasteiger partial charge in [0.2, 0.25) is 11.0 Å². The molecular formula is C15H20N4O3S3. The van der Waals surface area contributed by atoms with Crippen LogP contribution in [0.3, 0.4) is 0 Å². The van der Waals surface area contributed by atoms with Crippen LogP contribution < -0.4 is 5.32 Å². The first-order valence-electron chi connectivity index (χ1n) is 8.20. The van der Waals surface area contributed by atoms with Crippen LogP contribution in [0.15, 0.2) is 16.3 Å². The molecule has 0 spiro atoms. The van der Waals surface area contributed by atoms with Crippen molar-refractivity contribution in [3.63, 3.8) is 0 Å². The normalized spacial score (nSPS) is 16.0. The number of sulfonamides is 1. The SMILES string of the molecule is CCc1nnc(NC(=O)Cc2ccc(S(=O)(=O)N3CCCCC3)s2)s1. The highest BCUT2D eigenvalue weighted by Crippen LogP contribution is 2.27. The van der Waals surface area contributed by atoms with Crippen molar-refractivity contribution in [2.45, 2.75) is 43.2 Å². The summed E-state index contributed by atoms with van der Waals surface area (Å²) in [5.41, 5.74) is 0. The van der Waals surface area contributed by atoms with E-state index in [2.05, 4.69) is 15.5 Å². The number of piperidine rings is 1. The van der Waals surface area contributed by atoms with Gasteiger partial charge in [0.25, 0.3) is 10.0 Å². The number of amides is 1. The number of aryl methyl sites for hydroxylation is 1. The number of hydrogen-bond acceptors (Lipinski definition) is 7. The minimum atomic E-state index is -3.44. The zero-order chi connectivity index (χ0) is 17.9. The molecule has 0 saturated carbocycles. The molecule has 1 aliphatic heterocycles. The lowest BCUT2D eigenvalue weighted by atomic mass is 10.2. The summed E-state index contributed by atoms with van der Waals surface area (Å²) in [6, 6.07) is 3.30. The molecule has 2 aromatic heterocycles. The lowest BCUT2D eigenvalue weighted by molar-refractivity contribution is -0.115. The van der Waals surface area contributed by atoms with Crippen molar-refractivity contribution in [2.24, 2.45) is 0 Å². The van der Waals surface area contributed by atoms with Crippen LogP contribution >= 0.6 is 22.7 Å². The van der Waals surface area contributed by atoms with E-state index in [0.29, 0.717) is 27.3 Å². The van der Waals surface area contributed by atoms with Gasteiger partial charge in [0.1, 0.15) is 9.22 Å². The number of thiophene rings is 1. The van der Waals surface area contributed by atoms with E-state index in [1.54, 1.807) is 16.4 Å². The molecule has 7 nitrogen and oxygen atoms in total. The highest BCUT2D eigenvalue weighted by molar-refractivity contribution is 7.91. The van der Waals surface area contributed by atoms with E-state index in [1.165, 1.54) is 11.3 Å². The molecule has 136 valence electrons. The van der Waals surface area contributed by atoms with Crippen molar-refractivity contribution >= 4 is 43.7 Å². The molecule has 0 radical (unpaired) electrons. The van der Waals surface area contributed by atoms with Crippen LogP contribution in [0.2, 0.25) is 0 Å². The smallest absolute Gasteiger partial charge is 0.252 e. The number of hydrogen-bond donors (Lipinski definition) is 1. The molecule has 0 unspecified atom stereocenters. The van der Waals surface area contributed by atoms with E-state index in [0.717, 1.165) is 42.0 Å². The molecule has 1 aliphatic rings. The average Bonchev–Trinajstić information content (AvgIpc) is 3.25. The van der Waals surface area contributed by atoms with Gasteiger partial charge in [-0.2, -0.15) is 4.31 Å². The highest BCUT2D eigenvalue weighted by Gasteiger charge is 2.27. The first-order chi connectivity index (χ1) is 12.0. The van der Waals surface area contributed by atoms with Gasteiger partial charge in [0.05, 0.1) is 6.42 Å². The standard InChI is InChI=1S/C15H20N4O3S3/c1-2-13-17-18-15(24-13)16-12(20)10-11-6-7-14(23-11)25(21,22)19-8-4-3-5-9-19/h6-7H,2-5,8-10H2,1H3,(H,16,18,20). The number of nitrogens with zero attached hydrogens (tertiary/aromatic N) is 3. The quantitative estimate of drug-likeness (QED) is 0.804. The van der Waals surface area contributed by atoms with E-state index < -0.39 is 10.0 Å². The minimum Gasteiger partial charge on any atom is -0.300 e. The van der Waals surface area contributed by atoms with E-state index in [9.17, 15) is 13.2 Å². The molecule has 2 aromatic rings. The Hall–Kier alpha value is -1.36. The molecule has 1 fully saturated rings. The Morgan fingerprint density at radius 1 is 1.20 bits per heavy atom. The van der Waals surface area contributed by atoms with Crippen LogP contribution in [-0.2, 0) is 27.7 Å². The predicted octanol–water partition coefficient (Wildman–Crippen LogP) is 2.52. The number of aromatic nitrogens is 2. The molecule has 1 N–H and O–H groups in total. The summed E-state index contributed by atoms with van der Waals surface area (Å²) in [6.45, 7) is 3.13. The Labute approximate surface area is 155 Å². The summed E-state index contributed by atoms with van der Waals surface area (Å²) >= 11 is 2.51. The van der Waals surface area contributed by atoms with E-state index in [1.807, 2.05) is 6.92 Å². The maximum atomic E-state index is 12.6. The summed E-state index contributed by atoms with van der Waals surface area (Å²) in [6.07, 6.45) is 3.79. The van der Waals surface area contributed by atoms with E-state index in [-0.39, 0.29) is 12.3 Å². The zero-order valence-electron chi connectivity index (χ0n) is 13.9. The van der Waals surface area contributed by atoms with Crippen molar-refractivity contribution in [3.05, 3.63) is 22.0 Å². The molecule has 0 atom stereocenters. The van der Waals surface area contributed by atoms with Crippen molar-refractivity contribution in [2.75, 3.05) is 18.4 Å². The van der Waals surface area contributed by atoms with Gasteiger partial charge in [-0.25, -0.2) is 8.42 Å². The third-order valence-corrected chi connectivity index (χ3v) is 8.33. The summed E-state index contributed by atoms with van der Waals surface area (Å²) in [7, 11) is -3.44. The number of nitrogens with one attached hydrogen (secondary N) is 1. The topological polar surface area (TPSA) is 92.3 Å². The molecule has 10 heteroatoms. The van der Waals surface area contributed by atoms with Gasteiger partial charge in [0, 0.05) is 18.0 Å². The Morgan fingerprint density at radius 2 is 1.96 bits per heavy atom. The molecule has 25 heavy (non-hydrogen) atoms. The second-order valence-electron chi connectivity index (χ2n) is 5.76. The Balaban J connectivity index is 1.63. The number of anilines is 1. The van der Waals surface area contributed by atoms with Crippen molar-refractivity contribution in [1.82, 2.24) is 14.5 Å².